The summed E-state index contributed by atoms with van der Waals surface area (Å²) in [5, 5.41) is 10.7. The molecule has 0 aliphatic heterocycles. The van der Waals surface area contributed by atoms with Crippen LogP contribution in [0.2, 0.25) is 5.02 Å². The van der Waals surface area contributed by atoms with E-state index in [1.54, 1.807) is 6.92 Å². The van der Waals surface area contributed by atoms with Gasteiger partial charge >= 0.3 is 5.97 Å². The number of carbonyl (C=O) groups excluding carboxylic acids is 1. The summed E-state index contributed by atoms with van der Waals surface area (Å²) in [5.41, 5.74) is 4.53. The standard InChI is InChI=1S/C13H17ClN2O5/c1-8(7-13(2,15)12(17)20-3)21-11-5-4-9(16(18)19)6-10(11)14/h4-6,8H,7,15H2,1-3H3. The number of nitrogens with zero attached hydrogens (tertiary/aromatic N) is 1. The molecule has 0 bridgehead atoms. The molecule has 0 heterocycles. The number of rotatable bonds is 6. The lowest BCUT2D eigenvalue weighted by Gasteiger charge is -2.25. The summed E-state index contributed by atoms with van der Waals surface area (Å²) in [6.45, 7) is 3.25. The Morgan fingerprint density at radius 3 is 2.67 bits per heavy atom. The summed E-state index contributed by atoms with van der Waals surface area (Å²) in [6, 6.07) is 3.89. The van der Waals surface area contributed by atoms with Crippen molar-refractivity contribution in [1.82, 2.24) is 0 Å². The highest BCUT2D eigenvalue weighted by atomic mass is 35.5. The summed E-state index contributed by atoms with van der Waals surface area (Å²) in [7, 11) is 1.26. The fourth-order valence-corrected chi connectivity index (χ4v) is 2.09. The van der Waals surface area contributed by atoms with Crippen molar-refractivity contribution in [3.8, 4) is 5.75 Å². The number of hydrogen-bond acceptors (Lipinski definition) is 6. The third-order valence-corrected chi connectivity index (χ3v) is 3.11. The van der Waals surface area contributed by atoms with Gasteiger partial charge < -0.3 is 15.2 Å². The maximum absolute atomic E-state index is 11.5. The third-order valence-electron chi connectivity index (χ3n) is 2.82. The molecule has 116 valence electrons. The van der Waals surface area contributed by atoms with Crippen LogP contribution in [0.3, 0.4) is 0 Å². The molecule has 0 radical (unpaired) electrons. The van der Waals surface area contributed by atoms with Crippen molar-refractivity contribution in [2.24, 2.45) is 5.73 Å². The van der Waals surface area contributed by atoms with Crippen LogP contribution in [0.5, 0.6) is 5.75 Å². The van der Waals surface area contributed by atoms with Gasteiger partial charge in [0.05, 0.1) is 23.2 Å². The van der Waals surface area contributed by atoms with Gasteiger partial charge in [-0.25, -0.2) is 0 Å². The number of esters is 1. The monoisotopic (exact) mass is 316 g/mol. The van der Waals surface area contributed by atoms with E-state index in [1.165, 1.54) is 32.2 Å². The van der Waals surface area contributed by atoms with E-state index in [0.717, 1.165) is 0 Å². The Kier molecular flexibility index (Phi) is 5.51. The van der Waals surface area contributed by atoms with Gasteiger partial charge in [0, 0.05) is 18.6 Å². The summed E-state index contributed by atoms with van der Waals surface area (Å²) < 4.78 is 10.2. The fraction of sp³-hybridized carbons (Fsp3) is 0.462. The van der Waals surface area contributed by atoms with Crippen molar-refractivity contribution in [3.05, 3.63) is 33.3 Å². The number of nitro benzene ring substituents is 1. The van der Waals surface area contributed by atoms with Crippen LogP contribution in [0.4, 0.5) is 5.69 Å². The Labute approximate surface area is 127 Å². The van der Waals surface area contributed by atoms with Gasteiger partial charge in [-0.05, 0) is 19.9 Å². The zero-order chi connectivity index (χ0) is 16.2. The number of ether oxygens (including phenoxy) is 2. The molecule has 0 aliphatic rings. The maximum Gasteiger partial charge on any atom is 0.325 e. The molecule has 2 unspecified atom stereocenters. The minimum atomic E-state index is -1.19. The van der Waals surface area contributed by atoms with Gasteiger partial charge in [0.1, 0.15) is 11.3 Å². The number of hydrogen-bond donors (Lipinski definition) is 1. The molecular weight excluding hydrogens is 300 g/mol. The molecule has 21 heavy (non-hydrogen) atoms. The van der Waals surface area contributed by atoms with Gasteiger partial charge in [0.15, 0.2) is 0 Å². The molecule has 0 amide bonds. The predicted octanol–water partition coefficient (Wildman–Crippen LogP) is 2.30. The van der Waals surface area contributed by atoms with Crippen LogP contribution in [0.15, 0.2) is 18.2 Å². The van der Waals surface area contributed by atoms with Gasteiger partial charge in [-0.2, -0.15) is 0 Å². The van der Waals surface area contributed by atoms with E-state index in [2.05, 4.69) is 4.74 Å². The number of non-ortho nitro benzene ring substituents is 1. The second-order valence-electron chi connectivity index (χ2n) is 4.91. The van der Waals surface area contributed by atoms with Crippen LogP contribution < -0.4 is 10.5 Å². The minimum absolute atomic E-state index is 0.118. The fourth-order valence-electron chi connectivity index (χ4n) is 1.87. The third kappa shape index (κ3) is 4.57. The molecule has 2 atom stereocenters. The normalized spacial score (nSPS) is 14.9. The van der Waals surface area contributed by atoms with Crippen molar-refractivity contribution < 1.29 is 19.2 Å². The quantitative estimate of drug-likeness (QED) is 0.490. The van der Waals surface area contributed by atoms with Crippen LogP contribution in [-0.4, -0.2) is 29.6 Å². The number of nitrogens with two attached hydrogens (primary N) is 1. The summed E-state index contributed by atoms with van der Waals surface area (Å²) in [6.07, 6.45) is -0.231. The molecule has 0 aromatic heterocycles. The Morgan fingerprint density at radius 1 is 1.57 bits per heavy atom. The highest BCUT2D eigenvalue weighted by Gasteiger charge is 2.32. The molecule has 0 saturated heterocycles. The van der Waals surface area contributed by atoms with Gasteiger partial charge in [-0.15, -0.1) is 0 Å². The van der Waals surface area contributed by atoms with Crippen LogP contribution in [0.25, 0.3) is 0 Å². The van der Waals surface area contributed by atoms with Gasteiger partial charge in [0.25, 0.3) is 5.69 Å². The molecule has 0 saturated carbocycles. The molecule has 1 aromatic carbocycles. The van der Waals surface area contributed by atoms with Crippen molar-refractivity contribution in [3.63, 3.8) is 0 Å². The topological polar surface area (TPSA) is 105 Å². The van der Waals surface area contributed by atoms with E-state index in [0.29, 0.717) is 0 Å². The minimum Gasteiger partial charge on any atom is -0.489 e. The van der Waals surface area contributed by atoms with Crippen LogP contribution >= 0.6 is 11.6 Å². The molecule has 2 N–H and O–H groups in total. The van der Waals surface area contributed by atoms with E-state index in [4.69, 9.17) is 22.1 Å². The molecular formula is C13H17ClN2O5. The lowest BCUT2D eigenvalue weighted by Crippen LogP contribution is -2.48. The van der Waals surface area contributed by atoms with Crippen molar-refractivity contribution in [2.45, 2.75) is 31.9 Å². The number of halogens is 1. The average Bonchev–Trinajstić information content (AvgIpc) is 2.39. The Morgan fingerprint density at radius 2 is 2.19 bits per heavy atom. The largest absolute Gasteiger partial charge is 0.489 e. The zero-order valence-electron chi connectivity index (χ0n) is 12.0. The number of methoxy groups -OCH3 is 1. The maximum atomic E-state index is 11.5. The van der Waals surface area contributed by atoms with Crippen molar-refractivity contribution >= 4 is 23.3 Å². The molecule has 0 aliphatic carbocycles. The van der Waals surface area contributed by atoms with Gasteiger partial charge in [-0.1, -0.05) is 11.6 Å². The number of nitro groups is 1. The predicted molar refractivity (Wildman–Crippen MR) is 77.4 cm³/mol. The average molecular weight is 317 g/mol. The van der Waals surface area contributed by atoms with E-state index in [1.807, 2.05) is 0 Å². The van der Waals surface area contributed by atoms with Crippen molar-refractivity contribution in [2.75, 3.05) is 7.11 Å². The van der Waals surface area contributed by atoms with E-state index in [9.17, 15) is 14.9 Å². The second kappa shape index (κ2) is 6.73. The molecule has 7 nitrogen and oxygen atoms in total. The number of carbonyl (C=O) groups is 1. The Bertz CT molecular complexity index is 547. The lowest BCUT2D eigenvalue weighted by molar-refractivity contribution is -0.384. The lowest BCUT2D eigenvalue weighted by atomic mass is 9.96. The first-order valence-electron chi connectivity index (χ1n) is 6.15. The Hall–Kier alpha value is -1.86. The van der Waals surface area contributed by atoms with E-state index >= 15 is 0 Å². The molecule has 0 fully saturated rings. The Balaban J connectivity index is 2.77. The smallest absolute Gasteiger partial charge is 0.325 e. The van der Waals surface area contributed by atoms with E-state index < -0.39 is 22.5 Å². The summed E-state index contributed by atoms with van der Waals surface area (Å²) in [5.74, 6) is -0.261. The van der Waals surface area contributed by atoms with Crippen LogP contribution in [0, 0.1) is 10.1 Å². The molecule has 1 rings (SSSR count). The van der Waals surface area contributed by atoms with Crippen molar-refractivity contribution in [1.29, 1.82) is 0 Å². The summed E-state index contributed by atoms with van der Waals surface area (Å²) >= 11 is 5.93. The second-order valence-corrected chi connectivity index (χ2v) is 5.32. The van der Waals surface area contributed by atoms with Gasteiger partial charge in [0.2, 0.25) is 0 Å². The molecule has 8 heteroatoms. The number of benzene rings is 1. The van der Waals surface area contributed by atoms with E-state index in [-0.39, 0.29) is 22.9 Å². The van der Waals surface area contributed by atoms with Crippen LogP contribution in [0.1, 0.15) is 20.3 Å². The summed E-state index contributed by atoms with van der Waals surface area (Å²) in [4.78, 5) is 21.6. The molecule has 0 spiro atoms. The highest BCUT2D eigenvalue weighted by Crippen LogP contribution is 2.30. The first-order chi connectivity index (χ1) is 9.67. The first kappa shape index (κ1) is 17.2. The van der Waals surface area contributed by atoms with Crippen LogP contribution in [-0.2, 0) is 9.53 Å². The zero-order valence-corrected chi connectivity index (χ0v) is 12.7. The SMILES string of the molecule is COC(=O)C(C)(N)CC(C)Oc1ccc([N+](=O)[O-])cc1Cl. The first-order valence-corrected chi connectivity index (χ1v) is 6.53. The van der Waals surface area contributed by atoms with Gasteiger partial charge in [-0.3, -0.25) is 14.9 Å². The molecule has 1 aromatic rings. The highest BCUT2D eigenvalue weighted by molar-refractivity contribution is 6.32.